The van der Waals surface area contributed by atoms with E-state index in [1.807, 2.05) is 0 Å². The number of hydrogen-bond acceptors (Lipinski definition) is 4. The van der Waals surface area contributed by atoms with Crippen molar-refractivity contribution in [3.63, 3.8) is 0 Å². The van der Waals surface area contributed by atoms with Gasteiger partial charge in [0, 0.05) is 19.4 Å². The Kier molecular flexibility index (Phi) is 7.47. The van der Waals surface area contributed by atoms with Crippen LogP contribution in [0.4, 0.5) is 0 Å². The Labute approximate surface area is 109 Å². The van der Waals surface area contributed by atoms with E-state index in [2.05, 4.69) is 12.8 Å². The van der Waals surface area contributed by atoms with Gasteiger partial charge in [-0.3, -0.25) is 4.79 Å². The van der Waals surface area contributed by atoms with Crippen LogP contribution < -0.4 is 0 Å². The van der Waals surface area contributed by atoms with Crippen LogP contribution in [0.2, 0.25) is 0 Å². The van der Waals surface area contributed by atoms with Crippen LogP contribution in [-0.4, -0.2) is 38.0 Å². The molecule has 0 aromatic carbocycles. The lowest BCUT2D eigenvalue weighted by molar-refractivity contribution is -0.145. The highest BCUT2D eigenvalue weighted by molar-refractivity contribution is 5.69. The molecule has 1 fully saturated rings. The normalized spacial score (nSPS) is 21.3. The van der Waals surface area contributed by atoms with E-state index in [-0.39, 0.29) is 5.97 Å². The summed E-state index contributed by atoms with van der Waals surface area (Å²) in [6, 6.07) is 0. The number of esters is 1. The first kappa shape index (κ1) is 15.0. The van der Waals surface area contributed by atoms with E-state index in [4.69, 9.17) is 20.6 Å². The van der Waals surface area contributed by atoms with E-state index < -0.39 is 0 Å². The molecule has 1 heterocycles. The van der Waals surface area contributed by atoms with Crippen molar-refractivity contribution in [2.45, 2.75) is 51.2 Å². The zero-order chi connectivity index (χ0) is 13.2. The number of rotatable bonds is 10. The third-order valence-corrected chi connectivity index (χ3v) is 2.81. The number of unbranched alkanes of at least 4 members (excludes halogenated alkanes) is 1. The van der Waals surface area contributed by atoms with E-state index in [9.17, 15) is 4.79 Å². The van der Waals surface area contributed by atoms with Gasteiger partial charge in [0.1, 0.15) is 6.61 Å². The van der Waals surface area contributed by atoms with E-state index in [1.165, 1.54) is 0 Å². The summed E-state index contributed by atoms with van der Waals surface area (Å²) in [4.78, 5) is 11.2. The van der Waals surface area contributed by atoms with Gasteiger partial charge in [-0.1, -0.05) is 0 Å². The molecule has 1 aliphatic rings. The van der Waals surface area contributed by atoms with Crippen molar-refractivity contribution < 1.29 is 19.0 Å². The molecule has 1 rings (SSSR count). The van der Waals surface area contributed by atoms with Gasteiger partial charge in [0.2, 0.25) is 0 Å². The van der Waals surface area contributed by atoms with Crippen LogP contribution in [0.25, 0.3) is 0 Å². The molecule has 4 nitrogen and oxygen atoms in total. The Hall–Kier alpha value is -1.05. The topological polar surface area (TPSA) is 48.1 Å². The summed E-state index contributed by atoms with van der Waals surface area (Å²) in [6.45, 7) is 3.56. The molecule has 0 bridgehead atoms. The molecule has 1 saturated heterocycles. The first-order chi connectivity index (χ1) is 8.74. The summed E-state index contributed by atoms with van der Waals surface area (Å²) in [5, 5.41) is 0. The summed E-state index contributed by atoms with van der Waals surface area (Å²) in [7, 11) is 0. The average molecular weight is 254 g/mol. The van der Waals surface area contributed by atoms with Gasteiger partial charge in [-0.05, 0) is 26.2 Å². The minimum Gasteiger partial charge on any atom is -0.463 e. The van der Waals surface area contributed by atoms with Gasteiger partial charge in [-0.2, -0.15) is 0 Å². The second kappa shape index (κ2) is 8.96. The molecule has 0 radical (unpaired) electrons. The molecular formula is C14H22O4. The highest BCUT2D eigenvalue weighted by atomic mass is 16.6. The van der Waals surface area contributed by atoms with Crippen molar-refractivity contribution in [2.24, 2.45) is 0 Å². The van der Waals surface area contributed by atoms with Gasteiger partial charge >= 0.3 is 5.97 Å². The lowest BCUT2D eigenvalue weighted by Crippen LogP contribution is -2.11. The lowest BCUT2D eigenvalue weighted by Gasteiger charge is -2.05. The van der Waals surface area contributed by atoms with Crippen molar-refractivity contribution in [2.75, 3.05) is 19.8 Å². The minimum absolute atomic E-state index is 0.200. The van der Waals surface area contributed by atoms with Crippen LogP contribution >= 0.6 is 0 Å². The predicted molar refractivity (Wildman–Crippen MR) is 68.0 cm³/mol. The minimum atomic E-state index is -0.200. The van der Waals surface area contributed by atoms with Crippen LogP contribution in [-0.2, 0) is 19.0 Å². The van der Waals surface area contributed by atoms with Crippen LogP contribution in [0.5, 0.6) is 0 Å². The van der Waals surface area contributed by atoms with Gasteiger partial charge in [0.25, 0.3) is 0 Å². The third kappa shape index (κ3) is 7.31. The molecule has 0 spiro atoms. The number of carbonyl (C=O) groups is 1. The summed E-state index contributed by atoms with van der Waals surface area (Å²) in [5.74, 6) is 2.29. The Morgan fingerprint density at radius 2 is 2.11 bits per heavy atom. The monoisotopic (exact) mass is 254 g/mol. The number of hydrogen-bond donors (Lipinski definition) is 0. The van der Waals surface area contributed by atoms with Crippen molar-refractivity contribution in [1.29, 1.82) is 0 Å². The van der Waals surface area contributed by atoms with Crippen molar-refractivity contribution in [3.05, 3.63) is 0 Å². The number of ether oxygens (including phenoxy) is 3. The number of carbonyl (C=O) groups excluding carboxylic acids is 1. The Bertz CT molecular complexity index is 282. The van der Waals surface area contributed by atoms with E-state index in [1.54, 1.807) is 0 Å². The maximum atomic E-state index is 11.2. The molecular weight excluding hydrogens is 232 g/mol. The lowest BCUT2D eigenvalue weighted by atomic mass is 10.2. The zero-order valence-electron chi connectivity index (χ0n) is 11.0. The second-order valence-electron chi connectivity index (χ2n) is 4.41. The van der Waals surface area contributed by atoms with Gasteiger partial charge in [0.05, 0.1) is 18.8 Å². The molecule has 18 heavy (non-hydrogen) atoms. The molecule has 2 atom stereocenters. The average Bonchev–Trinajstić information content (AvgIpc) is 3.04. The van der Waals surface area contributed by atoms with Crippen molar-refractivity contribution in [1.82, 2.24) is 0 Å². The Morgan fingerprint density at radius 3 is 2.78 bits per heavy atom. The highest BCUT2D eigenvalue weighted by Gasteiger charge is 2.32. The fourth-order valence-corrected chi connectivity index (χ4v) is 1.64. The van der Waals surface area contributed by atoms with Crippen LogP contribution in [0.1, 0.15) is 39.0 Å². The Morgan fingerprint density at radius 1 is 1.33 bits per heavy atom. The zero-order valence-corrected chi connectivity index (χ0v) is 11.0. The quantitative estimate of drug-likeness (QED) is 0.259. The van der Waals surface area contributed by atoms with Crippen LogP contribution in [0.3, 0.4) is 0 Å². The fourth-order valence-electron chi connectivity index (χ4n) is 1.64. The summed E-state index contributed by atoms with van der Waals surface area (Å²) < 4.78 is 15.6. The predicted octanol–water partition coefficient (Wildman–Crippen LogP) is 1.92. The van der Waals surface area contributed by atoms with Gasteiger partial charge < -0.3 is 14.2 Å². The molecule has 102 valence electrons. The Balaban J connectivity index is 1.77. The van der Waals surface area contributed by atoms with Crippen molar-refractivity contribution >= 4 is 5.97 Å². The second-order valence-corrected chi connectivity index (χ2v) is 4.41. The molecule has 0 aliphatic carbocycles. The molecule has 0 aromatic heterocycles. The smallest absolute Gasteiger partial charge is 0.305 e. The standard InChI is InChI=1S/C14H22O4/c1-3-4-5-8-14(15)17-11-10-16-9-6-7-13-12(2)18-13/h1,12-13H,4-11H2,2H3. The molecule has 0 N–H and O–H groups in total. The van der Waals surface area contributed by atoms with E-state index >= 15 is 0 Å². The molecule has 0 amide bonds. The molecule has 0 saturated carbocycles. The molecule has 4 heteroatoms. The van der Waals surface area contributed by atoms with E-state index in [0.717, 1.165) is 12.8 Å². The van der Waals surface area contributed by atoms with Crippen molar-refractivity contribution in [3.8, 4) is 12.3 Å². The molecule has 2 unspecified atom stereocenters. The van der Waals surface area contributed by atoms with E-state index in [0.29, 0.717) is 51.3 Å². The third-order valence-electron chi connectivity index (χ3n) is 2.81. The SMILES string of the molecule is C#CCCCC(=O)OCCOCCCC1OC1C. The highest BCUT2D eigenvalue weighted by Crippen LogP contribution is 2.25. The largest absolute Gasteiger partial charge is 0.463 e. The number of terminal acetylenes is 1. The summed E-state index contributed by atoms with van der Waals surface area (Å²) in [5.41, 5.74) is 0. The van der Waals surface area contributed by atoms with Gasteiger partial charge in [-0.15, -0.1) is 12.3 Å². The maximum Gasteiger partial charge on any atom is 0.305 e. The summed E-state index contributed by atoms with van der Waals surface area (Å²) >= 11 is 0. The van der Waals surface area contributed by atoms with Crippen LogP contribution in [0.15, 0.2) is 0 Å². The number of epoxide rings is 1. The first-order valence-electron chi connectivity index (χ1n) is 6.56. The summed E-state index contributed by atoms with van der Waals surface area (Å²) in [6.07, 6.45) is 9.68. The van der Waals surface area contributed by atoms with Gasteiger partial charge in [0.15, 0.2) is 0 Å². The molecule has 1 aliphatic heterocycles. The van der Waals surface area contributed by atoms with Gasteiger partial charge in [-0.25, -0.2) is 0 Å². The maximum absolute atomic E-state index is 11.2. The molecule has 0 aromatic rings. The van der Waals surface area contributed by atoms with Crippen LogP contribution in [0, 0.1) is 12.3 Å². The fraction of sp³-hybridized carbons (Fsp3) is 0.786. The first-order valence-corrected chi connectivity index (χ1v) is 6.56.